The molecular weight excluding hydrogens is 472 g/mol. The molecule has 0 saturated heterocycles. The molecule has 6 aromatic rings. The topological polar surface area (TPSA) is 13.1 Å². The summed E-state index contributed by atoms with van der Waals surface area (Å²) >= 11 is 0. The van der Waals surface area contributed by atoms with E-state index in [2.05, 4.69) is 138 Å². The normalized spacial score (nSPS) is 12.3. The Bertz CT molecular complexity index is 1780. The van der Waals surface area contributed by atoms with E-state index in [1.807, 2.05) is 12.1 Å². The standard InChI is InChI=1S/C38H36O/c1-37(2,3)30-15-11-14-27(22-30)28-18-19-29(34(23-28)26-12-7-6-8-13-26)25-38(4,5)31-20-21-33-32-16-9-10-17-35(32)39-36(33)24-31/h6-24H,25H2,1-5H3. The number of fused-ring (bicyclic) bond motifs is 3. The summed E-state index contributed by atoms with van der Waals surface area (Å²) < 4.78 is 6.23. The minimum Gasteiger partial charge on any atom is -0.456 e. The lowest BCUT2D eigenvalue weighted by atomic mass is 9.77. The Labute approximate surface area is 232 Å². The van der Waals surface area contributed by atoms with Gasteiger partial charge in [0, 0.05) is 10.8 Å². The van der Waals surface area contributed by atoms with Crippen molar-refractivity contribution >= 4 is 21.9 Å². The lowest BCUT2D eigenvalue weighted by Crippen LogP contribution is -2.21. The molecule has 39 heavy (non-hydrogen) atoms. The van der Waals surface area contributed by atoms with Crippen molar-refractivity contribution in [1.82, 2.24) is 0 Å². The van der Waals surface area contributed by atoms with Crippen molar-refractivity contribution in [2.24, 2.45) is 0 Å². The Morgan fingerprint density at radius 2 is 1.21 bits per heavy atom. The Kier molecular flexibility index (Phi) is 6.19. The summed E-state index contributed by atoms with van der Waals surface area (Å²) in [7, 11) is 0. The van der Waals surface area contributed by atoms with Crippen molar-refractivity contribution in [3.8, 4) is 22.3 Å². The van der Waals surface area contributed by atoms with Crippen LogP contribution in [0.4, 0.5) is 0 Å². The molecule has 0 unspecified atom stereocenters. The summed E-state index contributed by atoms with van der Waals surface area (Å²) in [6.07, 6.45) is 0.922. The third-order valence-corrected chi connectivity index (χ3v) is 8.05. The number of para-hydroxylation sites is 1. The van der Waals surface area contributed by atoms with Crippen molar-refractivity contribution in [3.05, 3.63) is 132 Å². The molecule has 194 valence electrons. The number of furan rings is 1. The van der Waals surface area contributed by atoms with Gasteiger partial charge in [0.25, 0.3) is 0 Å². The highest BCUT2D eigenvalue weighted by atomic mass is 16.3. The molecule has 0 aliphatic rings. The van der Waals surface area contributed by atoms with E-state index in [-0.39, 0.29) is 10.8 Å². The maximum absolute atomic E-state index is 6.23. The fraction of sp³-hybridized carbons (Fsp3) is 0.211. The minimum atomic E-state index is -0.0790. The molecule has 6 rings (SSSR count). The molecule has 1 heteroatoms. The number of rotatable bonds is 5. The van der Waals surface area contributed by atoms with Crippen molar-refractivity contribution in [3.63, 3.8) is 0 Å². The zero-order chi connectivity index (χ0) is 27.2. The van der Waals surface area contributed by atoms with Crippen molar-refractivity contribution in [2.45, 2.75) is 51.9 Å². The van der Waals surface area contributed by atoms with Crippen LogP contribution in [0.25, 0.3) is 44.2 Å². The Balaban J connectivity index is 1.41. The smallest absolute Gasteiger partial charge is 0.135 e. The second kappa shape index (κ2) is 9.58. The largest absolute Gasteiger partial charge is 0.456 e. The minimum absolute atomic E-state index is 0.0790. The molecule has 0 amide bonds. The summed E-state index contributed by atoms with van der Waals surface area (Å²) in [6.45, 7) is 11.5. The van der Waals surface area contributed by atoms with Crippen LogP contribution in [0, 0.1) is 0 Å². The van der Waals surface area contributed by atoms with Gasteiger partial charge in [-0.05, 0) is 74.4 Å². The first-order valence-corrected chi connectivity index (χ1v) is 13.9. The molecule has 0 N–H and O–H groups in total. The summed E-state index contributed by atoms with van der Waals surface area (Å²) in [4.78, 5) is 0. The molecule has 5 aromatic carbocycles. The highest BCUT2D eigenvalue weighted by Crippen LogP contribution is 2.38. The SMILES string of the molecule is CC(C)(C)c1cccc(-c2ccc(CC(C)(C)c3ccc4c(c3)oc3ccccc34)c(-c3ccccc3)c2)c1. The van der Waals surface area contributed by atoms with E-state index >= 15 is 0 Å². The van der Waals surface area contributed by atoms with Gasteiger partial charge in [0.1, 0.15) is 11.2 Å². The van der Waals surface area contributed by atoms with Gasteiger partial charge in [-0.25, -0.2) is 0 Å². The first-order valence-electron chi connectivity index (χ1n) is 13.9. The highest BCUT2D eigenvalue weighted by Gasteiger charge is 2.24. The lowest BCUT2D eigenvalue weighted by molar-refractivity contribution is 0.522. The molecule has 1 heterocycles. The Morgan fingerprint density at radius 1 is 0.513 bits per heavy atom. The molecule has 1 aromatic heterocycles. The zero-order valence-corrected chi connectivity index (χ0v) is 23.6. The van der Waals surface area contributed by atoms with Crippen LogP contribution in [-0.4, -0.2) is 0 Å². The third kappa shape index (κ3) is 4.90. The molecule has 0 aliphatic carbocycles. The van der Waals surface area contributed by atoms with E-state index in [1.165, 1.54) is 49.7 Å². The molecule has 0 radical (unpaired) electrons. The molecule has 0 bridgehead atoms. The van der Waals surface area contributed by atoms with Crippen LogP contribution >= 0.6 is 0 Å². The molecule has 1 nitrogen and oxygen atoms in total. The first kappa shape index (κ1) is 25.2. The van der Waals surface area contributed by atoms with Gasteiger partial charge in [-0.1, -0.05) is 132 Å². The van der Waals surface area contributed by atoms with Crippen molar-refractivity contribution < 1.29 is 4.42 Å². The monoisotopic (exact) mass is 508 g/mol. The predicted molar refractivity (Wildman–Crippen MR) is 166 cm³/mol. The van der Waals surface area contributed by atoms with Gasteiger partial charge in [-0.3, -0.25) is 0 Å². The molecular formula is C38H36O. The van der Waals surface area contributed by atoms with E-state index < -0.39 is 0 Å². The average molecular weight is 509 g/mol. The fourth-order valence-corrected chi connectivity index (χ4v) is 5.69. The van der Waals surface area contributed by atoms with Gasteiger partial charge in [0.15, 0.2) is 0 Å². The number of hydrogen-bond donors (Lipinski definition) is 0. The van der Waals surface area contributed by atoms with Gasteiger partial charge in [0.05, 0.1) is 0 Å². The van der Waals surface area contributed by atoms with E-state index in [4.69, 9.17) is 4.42 Å². The average Bonchev–Trinajstić information content (AvgIpc) is 3.31. The van der Waals surface area contributed by atoms with E-state index in [9.17, 15) is 0 Å². The van der Waals surface area contributed by atoms with Crippen LogP contribution < -0.4 is 0 Å². The Morgan fingerprint density at radius 3 is 2.00 bits per heavy atom. The number of benzene rings is 5. The zero-order valence-electron chi connectivity index (χ0n) is 23.6. The van der Waals surface area contributed by atoms with Crippen LogP contribution in [0.15, 0.2) is 120 Å². The summed E-state index contributed by atoms with van der Waals surface area (Å²) in [6, 6.07) is 41.8. The maximum atomic E-state index is 6.23. The molecule has 0 spiro atoms. The van der Waals surface area contributed by atoms with E-state index in [0.29, 0.717) is 0 Å². The second-order valence-corrected chi connectivity index (χ2v) is 12.4. The molecule has 0 aliphatic heterocycles. The van der Waals surface area contributed by atoms with Gasteiger partial charge in [0.2, 0.25) is 0 Å². The number of hydrogen-bond acceptors (Lipinski definition) is 1. The maximum Gasteiger partial charge on any atom is 0.135 e. The van der Waals surface area contributed by atoms with Gasteiger partial charge < -0.3 is 4.42 Å². The van der Waals surface area contributed by atoms with Crippen LogP contribution in [0.1, 0.15) is 51.3 Å². The molecule has 0 fully saturated rings. The van der Waals surface area contributed by atoms with Crippen molar-refractivity contribution in [1.29, 1.82) is 0 Å². The fourth-order valence-electron chi connectivity index (χ4n) is 5.69. The second-order valence-electron chi connectivity index (χ2n) is 12.4. The van der Waals surface area contributed by atoms with Gasteiger partial charge in [-0.15, -0.1) is 0 Å². The van der Waals surface area contributed by atoms with E-state index in [1.54, 1.807) is 0 Å². The summed E-state index contributed by atoms with van der Waals surface area (Å²) in [5.41, 5.74) is 11.0. The van der Waals surface area contributed by atoms with Crippen LogP contribution in [0.2, 0.25) is 0 Å². The summed E-state index contributed by atoms with van der Waals surface area (Å²) in [5.74, 6) is 0. The van der Waals surface area contributed by atoms with Gasteiger partial charge >= 0.3 is 0 Å². The highest BCUT2D eigenvalue weighted by molar-refractivity contribution is 6.04. The quantitative estimate of drug-likeness (QED) is 0.226. The molecule has 0 atom stereocenters. The van der Waals surface area contributed by atoms with Crippen LogP contribution in [0.5, 0.6) is 0 Å². The molecule has 0 saturated carbocycles. The first-order chi connectivity index (χ1) is 18.7. The third-order valence-electron chi connectivity index (χ3n) is 8.05. The predicted octanol–water partition coefficient (Wildman–Crippen LogP) is 10.7. The van der Waals surface area contributed by atoms with Crippen molar-refractivity contribution in [2.75, 3.05) is 0 Å². The Hall–Kier alpha value is -4.10. The van der Waals surface area contributed by atoms with Gasteiger partial charge in [-0.2, -0.15) is 0 Å². The van der Waals surface area contributed by atoms with E-state index in [0.717, 1.165) is 17.6 Å². The lowest BCUT2D eigenvalue weighted by Gasteiger charge is -2.27. The van der Waals surface area contributed by atoms with Crippen LogP contribution in [-0.2, 0) is 17.3 Å². The van der Waals surface area contributed by atoms with Crippen LogP contribution in [0.3, 0.4) is 0 Å². The summed E-state index contributed by atoms with van der Waals surface area (Å²) in [5, 5.41) is 2.35.